The van der Waals surface area contributed by atoms with Gasteiger partial charge in [0.25, 0.3) is 5.91 Å². The van der Waals surface area contributed by atoms with E-state index in [1.165, 1.54) is 17.3 Å². The van der Waals surface area contributed by atoms with E-state index in [-0.39, 0.29) is 5.57 Å². The number of rotatable bonds is 5. The van der Waals surface area contributed by atoms with Crippen LogP contribution in [0.1, 0.15) is 30.9 Å². The topological polar surface area (TPSA) is 78.7 Å². The number of carbonyl (C=O) groups is 1. The predicted octanol–water partition coefficient (Wildman–Crippen LogP) is 3.93. The molecular formula is C16H16N4OS2. The minimum absolute atomic E-state index is 0.0307. The van der Waals surface area contributed by atoms with Crippen molar-refractivity contribution in [1.29, 1.82) is 5.26 Å². The lowest BCUT2D eigenvalue weighted by Crippen LogP contribution is -2.13. The minimum atomic E-state index is -0.482. The second kappa shape index (κ2) is 7.90. The van der Waals surface area contributed by atoms with Gasteiger partial charge in [0.2, 0.25) is 10.3 Å². The molecule has 0 aliphatic rings. The molecule has 1 aromatic carbocycles. The number of thioether (sulfide) groups is 1. The van der Waals surface area contributed by atoms with Crippen LogP contribution in [-0.4, -0.2) is 21.5 Å². The van der Waals surface area contributed by atoms with Crippen molar-refractivity contribution in [3.05, 3.63) is 41.0 Å². The smallest absolute Gasteiger partial charge is 0.268 e. The van der Waals surface area contributed by atoms with Gasteiger partial charge in [-0.15, -0.1) is 0 Å². The molecule has 0 atom stereocenters. The van der Waals surface area contributed by atoms with Gasteiger partial charge in [0.1, 0.15) is 11.6 Å². The molecule has 0 spiro atoms. The van der Waals surface area contributed by atoms with Crippen molar-refractivity contribution in [2.45, 2.75) is 24.9 Å². The lowest BCUT2D eigenvalue weighted by Gasteiger charge is -2.05. The maximum absolute atomic E-state index is 12.2. The summed E-state index contributed by atoms with van der Waals surface area (Å²) in [5, 5.41) is 12.8. The normalized spacial score (nSPS) is 11.3. The maximum Gasteiger partial charge on any atom is 0.268 e. The van der Waals surface area contributed by atoms with Crippen molar-refractivity contribution < 1.29 is 4.79 Å². The monoisotopic (exact) mass is 344 g/mol. The molecule has 0 saturated carbocycles. The molecule has 1 amide bonds. The first-order valence-corrected chi connectivity index (χ1v) is 8.94. The lowest BCUT2D eigenvalue weighted by molar-refractivity contribution is -0.112. The average Bonchev–Trinajstić information content (AvgIpc) is 3.00. The molecule has 118 valence electrons. The van der Waals surface area contributed by atoms with Crippen LogP contribution in [0, 0.1) is 11.3 Å². The molecule has 0 radical (unpaired) electrons. The number of aromatic nitrogens is 2. The Morgan fingerprint density at radius 2 is 2.09 bits per heavy atom. The molecule has 0 saturated heterocycles. The molecule has 23 heavy (non-hydrogen) atoms. The van der Waals surface area contributed by atoms with Crippen molar-refractivity contribution in [2.75, 3.05) is 11.6 Å². The number of hydrogen-bond donors (Lipinski definition) is 1. The largest absolute Gasteiger partial charge is 0.296 e. The van der Waals surface area contributed by atoms with E-state index in [9.17, 15) is 10.1 Å². The van der Waals surface area contributed by atoms with Crippen molar-refractivity contribution in [3.8, 4) is 6.07 Å². The van der Waals surface area contributed by atoms with Gasteiger partial charge in [0.05, 0.1) is 0 Å². The molecule has 5 nitrogen and oxygen atoms in total. The average molecular weight is 344 g/mol. The van der Waals surface area contributed by atoms with Crippen LogP contribution in [0.2, 0.25) is 0 Å². The summed E-state index contributed by atoms with van der Waals surface area (Å²) in [5.74, 6) is -0.0426. The molecule has 1 aromatic heterocycles. The van der Waals surface area contributed by atoms with E-state index in [1.54, 1.807) is 6.08 Å². The van der Waals surface area contributed by atoms with E-state index in [0.717, 1.165) is 17.1 Å². The molecular weight excluding hydrogens is 328 g/mol. The minimum Gasteiger partial charge on any atom is -0.296 e. The van der Waals surface area contributed by atoms with Gasteiger partial charge < -0.3 is 0 Å². The summed E-state index contributed by atoms with van der Waals surface area (Å²) < 4.78 is 4.06. The third kappa shape index (κ3) is 4.65. The third-order valence-corrected chi connectivity index (χ3v) is 4.38. The van der Waals surface area contributed by atoms with Gasteiger partial charge >= 0.3 is 0 Å². The molecule has 1 heterocycles. The van der Waals surface area contributed by atoms with Gasteiger partial charge in [-0.1, -0.05) is 49.9 Å². The summed E-state index contributed by atoms with van der Waals surface area (Å²) in [6.45, 7) is 4.23. The van der Waals surface area contributed by atoms with Gasteiger partial charge in [-0.05, 0) is 29.4 Å². The fourth-order valence-electron chi connectivity index (χ4n) is 1.80. The van der Waals surface area contributed by atoms with Crippen LogP contribution in [-0.2, 0) is 4.79 Å². The van der Waals surface area contributed by atoms with E-state index >= 15 is 0 Å². The molecule has 2 rings (SSSR count). The molecule has 1 N–H and O–H groups in total. The molecule has 0 fully saturated rings. The van der Waals surface area contributed by atoms with Crippen LogP contribution < -0.4 is 5.32 Å². The molecule has 2 aromatic rings. The SMILES string of the molecule is CSc1nsc(NC(=O)/C(C#N)=C\c2ccc(C(C)C)cc2)n1. The van der Waals surface area contributed by atoms with Crippen LogP contribution in [0.3, 0.4) is 0 Å². The summed E-state index contributed by atoms with van der Waals surface area (Å²) in [6.07, 6.45) is 3.42. The van der Waals surface area contributed by atoms with E-state index in [0.29, 0.717) is 16.2 Å². The lowest BCUT2D eigenvalue weighted by atomic mass is 10.0. The molecule has 7 heteroatoms. The summed E-state index contributed by atoms with van der Waals surface area (Å²) in [7, 11) is 0. The third-order valence-electron chi connectivity index (χ3n) is 3.09. The maximum atomic E-state index is 12.2. The first kappa shape index (κ1) is 17.2. The highest BCUT2D eigenvalue weighted by Gasteiger charge is 2.12. The number of anilines is 1. The van der Waals surface area contributed by atoms with Crippen LogP contribution in [0.5, 0.6) is 0 Å². The number of amides is 1. The van der Waals surface area contributed by atoms with Crippen molar-refractivity contribution in [1.82, 2.24) is 9.36 Å². The van der Waals surface area contributed by atoms with Gasteiger partial charge in [-0.3, -0.25) is 10.1 Å². The Morgan fingerprint density at radius 1 is 1.39 bits per heavy atom. The van der Waals surface area contributed by atoms with E-state index in [4.69, 9.17) is 0 Å². The quantitative estimate of drug-likeness (QED) is 0.505. The number of nitriles is 1. The zero-order valence-corrected chi connectivity index (χ0v) is 14.7. The standard InChI is InChI=1S/C16H16N4OS2/c1-10(2)12-6-4-11(5-7-12)8-13(9-17)14(21)18-15-19-16(22-3)20-23-15/h4-8,10H,1-3H3,(H,18,19,20,21)/b13-8-. The van der Waals surface area contributed by atoms with Crippen LogP contribution >= 0.6 is 23.3 Å². The summed E-state index contributed by atoms with van der Waals surface area (Å²) in [5.41, 5.74) is 2.05. The Kier molecular flexibility index (Phi) is 5.90. The fourth-order valence-corrected chi connectivity index (χ4v) is 2.92. The number of hydrogen-bond acceptors (Lipinski definition) is 6. The molecule has 0 bridgehead atoms. The number of nitrogens with zero attached hydrogens (tertiary/aromatic N) is 3. The second-order valence-corrected chi connectivity index (χ2v) is 6.56. The van der Waals surface area contributed by atoms with Crippen molar-refractivity contribution >= 4 is 40.4 Å². The first-order chi connectivity index (χ1) is 11.0. The molecule has 0 unspecified atom stereocenters. The van der Waals surface area contributed by atoms with E-state index in [1.807, 2.05) is 36.6 Å². The summed E-state index contributed by atoms with van der Waals surface area (Å²) >= 11 is 2.49. The highest BCUT2D eigenvalue weighted by molar-refractivity contribution is 7.98. The Labute approximate surface area is 143 Å². The van der Waals surface area contributed by atoms with Crippen LogP contribution in [0.15, 0.2) is 35.0 Å². The Morgan fingerprint density at radius 3 is 2.61 bits per heavy atom. The summed E-state index contributed by atoms with van der Waals surface area (Å²) in [6, 6.07) is 9.73. The van der Waals surface area contributed by atoms with Crippen molar-refractivity contribution in [2.24, 2.45) is 0 Å². The van der Waals surface area contributed by atoms with E-state index in [2.05, 4.69) is 28.5 Å². The molecule has 0 aliphatic heterocycles. The van der Waals surface area contributed by atoms with Crippen LogP contribution in [0.4, 0.5) is 5.13 Å². The number of benzene rings is 1. The Hall–Kier alpha value is -2.17. The van der Waals surface area contributed by atoms with Gasteiger partial charge in [0, 0.05) is 11.5 Å². The highest BCUT2D eigenvalue weighted by Crippen LogP contribution is 2.19. The number of nitrogens with one attached hydrogen (secondary N) is 1. The van der Waals surface area contributed by atoms with Crippen molar-refractivity contribution in [3.63, 3.8) is 0 Å². The molecule has 0 aliphatic carbocycles. The zero-order chi connectivity index (χ0) is 16.8. The van der Waals surface area contributed by atoms with E-state index < -0.39 is 5.91 Å². The first-order valence-electron chi connectivity index (χ1n) is 6.94. The van der Waals surface area contributed by atoms with Gasteiger partial charge in [-0.25, -0.2) is 0 Å². The van der Waals surface area contributed by atoms with Gasteiger partial charge in [0.15, 0.2) is 0 Å². The summed E-state index contributed by atoms with van der Waals surface area (Å²) in [4.78, 5) is 16.3. The van der Waals surface area contributed by atoms with Gasteiger partial charge in [-0.2, -0.15) is 14.6 Å². The highest BCUT2D eigenvalue weighted by atomic mass is 32.2. The Bertz CT molecular complexity index is 757. The van der Waals surface area contributed by atoms with Crippen LogP contribution in [0.25, 0.3) is 6.08 Å². The zero-order valence-electron chi connectivity index (χ0n) is 13.0. The number of carbonyl (C=O) groups excluding carboxylic acids is 1. The predicted molar refractivity (Wildman–Crippen MR) is 94.4 cm³/mol. The Balaban J connectivity index is 2.14. The second-order valence-electron chi connectivity index (χ2n) is 5.03. The fraction of sp³-hybridized carbons (Fsp3) is 0.250.